The van der Waals surface area contributed by atoms with Gasteiger partial charge in [-0.25, -0.2) is 0 Å². The first-order valence-electron chi connectivity index (χ1n) is 3.86. The molecule has 0 N–H and O–H groups in total. The highest BCUT2D eigenvalue weighted by molar-refractivity contribution is 9.09. The molecule has 0 saturated carbocycles. The van der Waals surface area contributed by atoms with Crippen LogP contribution in [0.3, 0.4) is 0 Å². The molecular weight excluding hydrogens is 243 g/mol. The normalized spacial score (nSPS) is 18.8. The highest BCUT2D eigenvalue weighted by atomic mass is 79.9. The third kappa shape index (κ3) is 4.65. The second-order valence-corrected chi connectivity index (χ2v) is 3.93. The monoisotopic (exact) mass is 258 g/mol. The summed E-state index contributed by atoms with van der Waals surface area (Å²) in [5.41, 5.74) is -0.292. The Balaban J connectivity index is 3.84. The molecule has 74 valence electrons. The predicted octanol–water partition coefficient (Wildman–Crippen LogP) is 2.43. The van der Waals surface area contributed by atoms with Crippen molar-refractivity contribution in [3.05, 3.63) is 0 Å². The van der Waals surface area contributed by atoms with Crippen molar-refractivity contribution in [3.8, 4) is 0 Å². The van der Waals surface area contributed by atoms with Crippen LogP contribution in [0.1, 0.15) is 13.8 Å². The van der Waals surface area contributed by atoms with Gasteiger partial charge in [-0.1, -0.05) is 15.9 Å². The van der Waals surface area contributed by atoms with E-state index < -0.39 is 0 Å². The molecule has 12 heavy (non-hydrogen) atoms. The van der Waals surface area contributed by atoms with Crippen LogP contribution < -0.4 is 0 Å². The summed E-state index contributed by atoms with van der Waals surface area (Å²) in [6, 6.07) is 0. The molecule has 0 amide bonds. The van der Waals surface area contributed by atoms with Gasteiger partial charge < -0.3 is 9.47 Å². The fourth-order valence-corrected chi connectivity index (χ4v) is 1.57. The maximum absolute atomic E-state index is 5.76. The van der Waals surface area contributed by atoms with E-state index >= 15 is 0 Å². The maximum Gasteiger partial charge on any atom is 0.0890 e. The fourth-order valence-electron chi connectivity index (χ4n) is 0.853. The Morgan fingerprint density at radius 3 is 2.50 bits per heavy atom. The van der Waals surface area contributed by atoms with Crippen LogP contribution in [-0.2, 0) is 9.47 Å². The van der Waals surface area contributed by atoms with Crippen molar-refractivity contribution in [2.45, 2.75) is 25.6 Å². The number of hydrogen-bond acceptors (Lipinski definition) is 2. The Kier molecular flexibility index (Phi) is 6.55. The molecule has 0 spiro atoms. The number of halogens is 2. The second-order valence-electron chi connectivity index (χ2n) is 3.10. The van der Waals surface area contributed by atoms with Gasteiger partial charge in [-0.15, -0.1) is 11.6 Å². The van der Waals surface area contributed by atoms with Crippen LogP contribution in [0.5, 0.6) is 0 Å². The summed E-state index contributed by atoms with van der Waals surface area (Å²) in [6.07, 6.45) is 0.0799. The molecular formula is C8H16BrClO2. The predicted molar refractivity (Wildman–Crippen MR) is 55.3 cm³/mol. The summed E-state index contributed by atoms with van der Waals surface area (Å²) in [5, 5.41) is 0.734. The van der Waals surface area contributed by atoms with Crippen molar-refractivity contribution >= 4 is 27.5 Å². The zero-order valence-electron chi connectivity index (χ0n) is 7.77. The molecule has 0 aliphatic carbocycles. The Hall–Kier alpha value is 0.690. The van der Waals surface area contributed by atoms with Crippen LogP contribution in [0, 0.1) is 0 Å². The van der Waals surface area contributed by atoms with Crippen molar-refractivity contribution in [2.75, 3.05) is 24.9 Å². The highest BCUT2D eigenvalue weighted by Gasteiger charge is 2.24. The molecule has 0 saturated heterocycles. The molecule has 4 heteroatoms. The van der Waals surface area contributed by atoms with Gasteiger partial charge in [0.1, 0.15) is 0 Å². The van der Waals surface area contributed by atoms with Crippen LogP contribution in [0.4, 0.5) is 0 Å². The molecule has 2 atom stereocenters. The maximum atomic E-state index is 5.76. The Bertz CT molecular complexity index is 118. The van der Waals surface area contributed by atoms with E-state index in [0.29, 0.717) is 12.5 Å². The summed E-state index contributed by atoms with van der Waals surface area (Å²) >= 11 is 9.12. The number of rotatable bonds is 6. The molecule has 0 aromatic rings. The third-order valence-corrected chi connectivity index (χ3v) is 3.20. The van der Waals surface area contributed by atoms with Crippen molar-refractivity contribution in [1.29, 1.82) is 0 Å². The van der Waals surface area contributed by atoms with E-state index in [9.17, 15) is 0 Å². The molecule has 0 aromatic carbocycles. The summed E-state index contributed by atoms with van der Waals surface area (Å²) < 4.78 is 10.6. The minimum Gasteiger partial charge on any atom is -0.382 e. The van der Waals surface area contributed by atoms with Gasteiger partial charge in [0.15, 0.2) is 0 Å². The smallest absolute Gasteiger partial charge is 0.0890 e. The van der Waals surface area contributed by atoms with E-state index in [2.05, 4.69) is 15.9 Å². The SMILES string of the molecule is COCC(C)OC(C)(CCl)CBr. The minimum atomic E-state index is -0.292. The lowest BCUT2D eigenvalue weighted by molar-refractivity contribution is -0.0723. The number of methoxy groups -OCH3 is 1. The van der Waals surface area contributed by atoms with Crippen molar-refractivity contribution in [3.63, 3.8) is 0 Å². The first-order chi connectivity index (χ1) is 5.58. The Labute approximate surface area is 87.7 Å². The summed E-state index contributed by atoms with van der Waals surface area (Å²) in [6.45, 7) is 4.54. The minimum absolute atomic E-state index is 0.0799. The van der Waals surface area contributed by atoms with Gasteiger partial charge in [0.05, 0.1) is 24.2 Å². The third-order valence-electron chi connectivity index (χ3n) is 1.45. The zero-order valence-corrected chi connectivity index (χ0v) is 10.1. The van der Waals surface area contributed by atoms with Gasteiger partial charge in [-0.2, -0.15) is 0 Å². The molecule has 0 radical (unpaired) electrons. The van der Waals surface area contributed by atoms with E-state index in [-0.39, 0.29) is 11.7 Å². The molecule has 2 nitrogen and oxygen atoms in total. The highest BCUT2D eigenvalue weighted by Crippen LogP contribution is 2.18. The first-order valence-corrected chi connectivity index (χ1v) is 5.52. The summed E-state index contributed by atoms with van der Waals surface area (Å²) in [5.74, 6) is 0.478. The number of ether oxygens (including phenoxy) is 2. The molecule has 0 bridgehead atoms. The molecule has 0 fully saturated rings. The van der Waals surface area contributed by atoms with Gasteiger partial charge in [0, 0.05) is 12.4 Å². The molecule has 0 rings (SSSR count). The van der Waals surface area contributed by atoms with Gasteiger partial charge in [0.2, 0.25) is 0 Å². The lowest BCUT2D eigenvalue weighted by Crippen LogP contribution is -2.37. The van der Waals surface area contributed by atoms with Crippen molar-refractivity contribution < 1.29 is 9.47 Å². The van der Waals surface area contributed by atoms with Crippen LogP contribution in [0.15, 0.2) is 0 Å². The van der Waals surface area contributed by atoms with E-state index in [1.54, 1.807) is 7.11 Å². The van der Waals surface area contributed by atoms with Gasteiger partial charge in [-0.05, 0) is 13.8 Å². The first kappa shape index (κ1) is 12.7. The van der Waals surface area contributed by atoms with Crippen LogP contribution in [-0.4, -0.2) is 36.6 Å². The van der Waals surface area contributed by atoms with Crippen LogP contribution in [0.25, 0.3) is 0 Å². The molecule has 2 unspecified atom stereocenters. The standard InChI is InChI=1S/C8H16BrClO2/c1-7(4-11-3)12-8(2,5-9)6-10/h7H,4-6H2,1-3H3. The van der Waals surface area contributed by atoms with E-state index in [0.717, 1.165) is 5.33 Å². The second kappa shape index (κ2) is 6.19. The van der Waals surface area contributed by atoms with E-state index in [1.165, 1.54) is 0 Å². The fraction of sp³-hybridized carbons (Fsp3) is 1.00. The van der Waals surface area contributed by atoms with Gasteiger partial charge >= 0.3 is 0 Å². The van der Waals surface area contributed by atoms with Gasteiger partial charge in [0.25, 0.3) is 0 Å². The van der Waals surface area contributed by atoms with Crippen molar-refractivity contribution in [1.82, 2.24) is 0 Å². The van der Waals surface area contributed by atoms with E-state index in [1.807, 2.05) is 13.8 Å². The quantitative estimate of drug-likeness (QED) is 0.682. The molecule has 0 aliphatic rings. The van der Waals surface area contributed by atoms with Gasteiger partial charge in [-0.3, -0.25) is 0 Å². The topological polar surface area (TPSA) is 18.5 Å². The lowest BCUT2D eigenvalue weighted by atomic mass is 10.2. The number of alkyl halides is 2. The van der Waals surface area contributed by atoms with Crippen LogP contribution in [0.2, 0.25) is 0 Å². The average molecular weight is 260 g/mol. The van der Waals surface area contributed by atoms with Crippen molar-refractivity contribution in [2.24, 2.45) is 0 Å². The molecule has 0 aromatic heterocycles. The summed E-state index contributed by atoms with van der Waals surface area (Å²) in [4.78, 5) is 0. The Morgan fingerprint density at radius 1 is 1.58 bits per heavy atom. The van der Waals surface area contributed by atoms with E-state index in [4.69, 9.17) is 21.1 Å². The number of hydrogen-bond donors (Lipinski definition) is 0. The average Bonchev–Trinajstić information content (AvgIpc) is 2.05. The Morgan fingerprint density at radius 2 is 2.17 bits per heavy atom. The lowest BCUT2D eigenvalue weighted by Gasteiger charge is -2.28. The molecule has 0 aliphatic heterocycles. The largest absolute Gasteiger partial charge is 0.382 e. The van der Waals surface area contributed by atoms with Crippen LogP contribution >= 0.6 is 27.5 Å². The summed E-state index contributed by atoms with van der Waals surface area (Å²) in [7, 11) is 1.66. The zero-order chi connectivity index (χ0) is 9.61. The molecule has 0 heterocycles.